The van der Waals surface area contributed by atoms with Gasteiger partial charge in [-0.1, -0.05) is 60.7 Å². The Bertz CT molecular complexity index is 1100. The number of hydrazone groups is 1. The van der Waals surface area contributed by atoms with Crippen molar-refractivity contribution in [3.8, 4) is 0 Å². The van der Waals surface area contributed by atoms with Gasteiger partial charge >= 0.3 is 0 Å². The van der Waals surface area contributed by atoms with Crippen LogP contribution in [0.2, 0.25) is 0 Å². The highest BCUT2D eigenvalue weighted by atomic mass is 16.3. The molecule has 0 aliphatic carbocycles. The third kappa shape index (κ3) is 7.14. The Morgan fingerprint density at radius 3 is 2.29 bits per heavy atom. The minimum absolute atomic E-state index is 0.0631. The summed E-state index contributed by atoms with van der Waals surface area (Å²) < 4.78 is 5.17. The average Bonchev–Trinajstić information content (AvgIpc) is 3.33. The van der Waals surface area contributed by atoms with Crippen molar-refractivity contribution in [2.75, 3.05) is 0 Å². The summed E-state index contributed by atoms with van der Waals surface area (Å²) in [5.74, 6) is -0.277. The lowest BCUT2D eigenvalue weighted by Gasteiger charge is -2.08. The van der Waals surface area contributed by atoms with E-state index < -0.39 is 11.8 Å². The molecule has 1 heterocycles. The van der Waals surface area contributed by atoms with E-state index in [1.165, 1.54) is 12.3 Å². The smallest absolute Gasteiger partial charge is 0.287 e. The molecule has 0 bridgehead atoms. The zero-order chi connectivity index (χ0) is 21.7. The number of carbonyl (C=O) groups is 2. The monoisotopic (exact) mass is 411 g/mol. The van der Waals surface area contributed by atoms with E-state index in [0.29, 0.717) is 11.3 Å². The Morgan fingerprint density at radius 2 is 1.58 bits per heavy atom. The Balaban J connectivity index is 1.69. The molecule has 154 valence electrons. The minimum atomic E-state index is -0.551. The fourth-order valence-electron chi connectivity index (χ4n) is 2.50. The normalized spacial score (nSPS) is 11.9. The van der Waals surface area contributed by atoms with Crippen molar-refractivity contribution in [2.24, 2.45) is 5.10 Å². The van der Waals surface area contributed by atoms with Crippen LogP contribution in [0, 0.1) is 0 Å². The van der Waals surface area contributed by atoms with E-state index >= 15 is 0 Å². The van der Waals surface area contributed by atoms with Crippen molar-refractivity contribution in [1.82, 2.24) is 10.7 Å². The number of hydrogen-bond donors (Lipinski definition) is 2. The fourth-order valence-corrected chi connectivity index (χ4v) is 2.50. The topological polar surface area (TPSA) is 83.7 Å². The molecule has 0 unspecified atom stereocenters. The standard InChI is InChI=1S/C25H21N3O3/c29-24(21-13-5-2-6-14-21)27-23(17-7-12-20-10-3-1-4-11-20)25(30)28-26-18-8-15-22-16-9-19-31-22/h1-19H,(H,27,29)(H,28,30)/b12-7+,15-8+,23-17-,26-18+. The Morgan fingerprint density at radius 1 is 0.839 bits per heavy atom. The summed E-state index contributed by atoms with van der Waals surface area (Å²) in [6.45, 7) is 0. The van der Waals surface area contributed by atoms with Crippen molar-refractivity contribution >= 4 is 30.2 Å². The zero-order valence-corrected chi connectivity index (χ0v) is 16.6. The number of furan rings is 1. The highest BCUT2D eigenvalue weighted by Crippen LogP contribution is 2.04. The molecule has 0 aliphatic heterocycles. The van der Waals surface area contributed by atoms with Crippen molar-refractivity contribution in [3.63, 3.8) is 0 Å². The molecule has 0 saturated carbocycles. The van der Waals surface area contributed by atoms with E-state index in [4.69, 9.17) is 4.42 Å². The van der Waals surface area contributed by atoms with Crippen LogP contribution in [0.15, 0.2) is 113 Å². The molecule has 2 aromatic carbocycles. The van der Waals surface area contributed by atoms with E-state index in [2.05, 4.69) is 15.8 Å². The van der Waals surface area contributed by atoms with E-state index in [-0.39, 0.29) is 5.70 Å². The zero-order valence-electron chi connectivity index (χ0n) is 16.6. The van der Waals surface area contributed by atoms with E-state index in [0.717, 1.165) is 5.56 Å². The lowest BCUT2D eigenvalue weighted by molar-refractivity contribution is -0.117. The van der Waals surface area contributed by atoms with Gasteiger partial charge < -0.3 is 9.73 Å². The largest absolute Gasteiger partial charge is 0.465 e. The van der Waals surface area contributed by atoms with Crippen molar-refractivity contribution in [1.29, 1.82) is 0 Å². The molecule has 0 fully saturated rings. The van der Waals surface area contributed by atoms with Gasteiger partial charge in [0.15, 0.2) is 0 Å². The number of hydrogen-bond acceptors (Lipinski definition) is 4. The van der Waals surface area contributed by atoms with Crippen molar-refractivity contribution in [2.45, 2.75) is 0 Å². The summed E-state index contributed by atoms with van der Waals surface area (Å²) in [6, 6.07) is 21.8. The molecular weight excluding hydrogens is 390 g/mol. The second kappa shape index (κ2) is 11.5. The molecule has 0 aliphatic rings. The molecule has 0 spiro atoms. The summed E-state index contributed by atoms with van der Waals surface area (Å²) >= 11 is 0. The van der Waals surface area contributed by atoms with E-state index in [1.807, 2.05) is 42.5 Å². The number of nitrogens with one attached hydrogen (secondary N) is 2. The van der Waals surface area contributed by atoms with Gasteiger partial charge in [0.2, 0.25) is 0 Å². The molecule has 3 aromatic rings. The van der Waals surface area contributed by atoms with Crippen LogP contribution in [0.25, 0.3) is 12.2 Å². The molecule has 0 saturated heterocycles. The van der Waals surface area contributed by atoms with Gasteiger partial charge in [-0.15, -0.1) is 0 Å². The highest BCUT2D eigenvalue weighted by molar-refractivity contribution is 6.03. The molecule has 0 atom stereocenters. The first-order valence-electron chi connectivity index (χ1n) is 9.56. The first-order chi connectivity index (χ1) is 15.2. The molecule has 3 rings (SSSR count). The van der Waals surface area contributed by atoms with Gasteiger partial charge in [-0.25, -0.2) is 5.43 Å². The van der Waals surface area contributed by atoms with Crippen LogP contribution >= 0.6 is 0 Å². The maximum absolute atomic E-state index is 12.6. The van der Waals surface area contributed by atoms with Gasteiger partial charge in [0.05, 0.1) is 6.26 Å². The predicted octanol–water partition coefficient (Wildman–Crippen LogP) is 4.42. The number of benzene rings is 2. The van der Waals surface area contributed by atoms with E-state index in [1.54, 1.807) is 60.9 Å². The molecule has 6 heteroatoms. The van der Waals surface area contributed by atoms with Gasteiger partial charge in [-0.2, -0.15) is 5.10 Å². The summed E-state index contributed by atoms with van der Waals surface area (Å²) in [6.07, 6.45) is 11.3. The van der Waals surface area contributed by atoms with Crippen molar-refractivity contribution < 1.29 is 14.0 Å². The number of allylic oxidation sites excluding steroid dienone is 3. The van der Waals surface area contributed by atoms with Crippen LogP contribution in [0.3, 0.4) is 0 Å². The third-order valence-electron chi connectivity index (χ3n) is 4.01. The van der Waals surface area contributed by atoms with Crippen LogP contribution in [0.5, 0.6) is 0 Å². The minimum Gasteiger partial charge on any atom is -0.465 e. The quantitative estimate of drug-likeness (QED) is 0.249. The van der Waals surface area contributed by atoms with Crippen molar-refractivity contribution in [3.05, 3.63) is 120 Å². The average molecular weight is 411 g/mol. The summed E-state index contributed by atoms with van der Waals surface area (Å²) in [7, 11) is 0. The van der Waals surface area contributed by atoms with Crippen LogP contribution in [-0.2, 0) is 4.79 Å². The lowest BCUT2D eigenvalue weighted by atomic mass is 10.2. The maximum atomic E-state index is 12.6. The first-order valence-corrected chi connectivity index (χ1v) is 9.56. The van der Waals surface area contributed by atoms with Gasteiger partial charge in [0, 0.05) is 11.8 Å². The second-order valence-electron chi connectivity index (χ2n) is 6.26. The fraction of sp³-hybridized carbons (Fsp3) is 0. The third-order valence-corrected chi connectivity index (χ3v) is 4.01. The Kier molecular flexibility index (Phi) is 7.91. The van der Waals surface area contributed by atoms with Gasteiger partial charge in [0.25, 0.3) is 11.8 Å². The number of carbonyl (C=O) groups excluding carboxylic acids is 2. The molecule has 2 amide bonds. The lowest BCUT2D eigenvalue weighted by Crippen LogP contribution is -2.32. The molecule has 31 heavy (non-hydrogen) atoms. The van der Waals surface area contributed by atoms with E-state index in [9.17, 15) is 9.59 Å². The van der Waals surface area contributed by atoms with Gasteiger partial charge in [-0.3, -0.25) is 9.59 Å². The Labute approximate surface area is 180 Å². The van der Waals surface area contributed by atoms with Crippen LogP contribution < -0.4 is 10.7 Å². The SMILES string of the molecule is O=C(N/N=C/C=C/c1ccco1)/C(=C/C=C/c1ccccc1)NC(=O)c1ccccc1. The molecule has 0 radical (unpaired) electrons. The summed E-state index contributed by atoms with van der Waals surface area (Å²) in [4.78, 5) is 25.0. The predicted molar refractivity (Wildman–Crippen MR) is 122 cm³/mol. The van der Waals surface area contributed by atoms with Crippen LogP contribution in [-0.4, -0.2) is 18.0 Å². The Hall–Kier alpha value is -4.45. The maximum Gasteiger partial charge on any atom is 0.287 e. The van der Waals surface area contributed by atoms with Crippen LogP contribution in [0.1, 0.15) is 21.7 Å². The second-order valence-corrected chi connectivity index (χ2v) is 6.26. The van der Waals surface area contributed by atoms with Gasteiger partial charge in [0.1, 0.15) is 11.5 Å². The molecule has 1 aromatic heterocycles. The molecule has 2 N–H and O–H groups in total. The van der Waals surface area contributed by atoms with Gasteiger partial charge in [-0.05, 0) is 48.1 Å². The van der Waals surface area contributed by atoms with Crippen LogP contribution in [0.4, 0.5) is 0 Å². The molecule has 6 nitrogen and oxygen atoms in total. The molecular formula is C25H21N3O3. The number of nitrogens with zero attached hydrogens (tertiary/aromatic N) is 1. The number of amides is 2. The summed E-state index contributed by atoms with van der Waals surface area (Å²) in [5.41, 5.74) is 3.87. The highest BCUT2D eigenvalue weighted by Gasteiger charge is 2.13. The number of rotatable bonds is 8. The summed E-state index contributed by atoms with van der Waals surface area (Å²) in [5, 5.41) is 6.50. The first kappa shape index (κ1) is 21.3.